The third-order valence-corrected chi connectivity index (χ3v) is 5.37. The topological polar surface area (TPSA) is 52.8 Å². The molecule has 0 radical (unpaired) electrons. The predicted molar refractivity (Wildman–Crippen MR) is 104 cm³/mol. The molecule has 1 aliphatic rings. The van der Waals surface area contributed by atoms with E-state index in [2.05, 4.69) is 23.3 Å². The molecule has 0 aliphatic carbocycles. The summed E-state index contributed by atoms with van der Waals surface area (Å²) in [6, 6.07) is 8.35. The molecule has 6 nitrogen and oxygen atoms in total. The highest BCUT2D eigenvalue weighted by atomic mass is 32.2. The highest BCUT2D eigenvalue weighted by Crippen LogP contribution is 2.25. The Bertz CT molecular complexity index is 749. The Kier molecular flexibility index (Phi) is 5.88. The Morgan fingerprint density at radius 1 is 1.19 bits per heavy atom. The molecule has 0 saturated carbocycles. The third-order valence-electron chi connectivity index (χ3n) is 4.63. The van der Waals surface area contributed by atoms with E-state index in [1.165, 1.54) is 4.90 Å². The molecule has 7 heteroatoms. The maximum absolute atomic E-state index is 12.0. The number of hydrogen-bond donors (Lipinski definition) is 0. The molecule has 0 unspecified atom stereocenters. The number of carbonyl (C=O) groups is 1. The number of aromatic nitrogens is 1. The molecule has 1 aliphatic heterocycles. The van der Waals surface area contributed by atoms with Crippen molar-refractivity contribution in [2.75, 3.05) is 46.5 Å². The molecule has 2 amide bonds. The summed E-state index contributed by atoms with van der Waals surface area (Å²) >= 11 is 1.72. The van der Waals surface area contributed by atoms with Crippen LogP contribution < -0.4 is 0 Å². The van der Waals surface area contributed by atoms with Gasteiger partial charge in [0.05, 0.1) is 5.69 Å². The highest BCUT2D eigenvalue weighted by Gasteiger charge is 2.23. The lowest BCUT2D eigenvalue weighted by Gasteiger charge is -2.35. The van der Waals surface area contributed by atoms with Gasteiger partial charge in [-0.15, -0.1) is 11.8 Å². The van der Waals surface area contributed by atoms with Crippen LogP contribution in [0, 0.1) is 6.92 Å². The molecule has 0 N–H and O–H groups in total. The molecule has 140 valence electrons. The fourth-order valence-corrected chi connectivity index (χ4v) is 3.43. The summed E-state index contributed by atoms with van der Waals surface area (Å²) in [5, 5.41) is 0. The molecule has 1 fully saturated rings. The van der Waals surface area contributed by atoms with E-state index >= 15 is 0 Å². The van der Waals surface area contributed by atoms with Crippen LogP contribution in [-0.4, -0.2) is 72.2 Å². The van der Waals surface area contributed by atoms with Crippen molar-refractivity contribution in [3.05, 3.63) is 35.7 Å². The van der Waals surface area contributed by atoms with E-state index in [1.807, 2.05) is 24.0 Å². The van der Waals surface area contributed by atoms with E-state index in [0.29, 0.717) is 5.89 Å². The summed E-state index contributed by atoms with van der Waals surface area (Å²) in [6.45, 7) is 5.91. The van der Waals surface area contributed by atoms with E-state index in [-0.39, 0.29) is 6.03 Å². The summed E-state index contributed by atoms with van der Waals surface area (Å²) < 4.78 is 5.89. The molecule has 1 aromatic heterocycles. The van der Waals surface area contributed by atoms with Crippen LogP contribution in [-0.2, 0) is 6.54 Å². The van der Waals surface area contributed by atoms with Crippen molar-refractivity contribution >= 4 is 17.8 Å². The van der Waals surface area contributed by atoms with Gasteiger partial charge in [-0.3, -0.25) is 4.90 Å². The van der Waals surface area contributed by atoms with Gasteiger partial charge >= 0.3 is 6.03 Å². The normalized spacial score (nSPS) is 15.3. The smallest absolute Gasteiger partial charge is 0.319 e. The maximum Gasteiger partial charge on any atom is 0.319 e. The summed E-state index contributed by atoms with van der Waals surface area (Å²) in [7, 11) is 3.58. The van der Waals surface area contributed by atoms with Crippen LogP contribution in [0.3, 0.4) is 0 Å². The molecule has 0 atom stereocenters. The molecule has 1 saturated heterocycles. The fourth-order valence-electron chi connectivity index (χ4n) is 3.02. The molecular formula is C19H26N4O2S. The van der Waals surface area contributed by atoms with Crippen molar-refractivity contribution in [1.29, 1.82) is 0 Å². The number of carbonyl (C=O) groups excluding carboxylic acids is 1. The van der Waals surface area contributed by atoms with E-state index in [4.69, 9.17) is 9.40 Å². The van der Waals surface area contributed by atoms with Gasteiger partial charge in [0.25, 0.3) is 0 Å². The van der Waals surface area contributed by atoms with Crippen LogP contribution in [0.4, 0.5) is 4.79 Å². The largest absolute Gasteiger partial charge is 0.441 e. The number of aryl methyl sites for hydroxylation is 1. The Hall–Kier alpha value is -1.99. The van der Waals surface area contributed by atoms with Crippen LogP contribution in [0.1, 0.15) is 11.5 Å². The Morgan fingerprint density at radius 2 is 1.85 bits per heavy atom. The Balaban J connectivity index is 1.62. The molecule has 0 spiro atoms. The summed E-state index contributed by atoms with van der Waals surface area (Å²) in [4.78, 5) is 23.8. The van der Waals surface area contributed by atoms with Gasteiger partial charge in [0, 0.05) is 57.3 Å². The minimum Gasteiger partial charge on any atom is -0.441 e. The molecule has 2 aromatic rings. The first-order valence-corrected chi connectivity index (χ1v) is 9.99. The predicted octanol–water partition coefficient (Wildman–Crippen LogP) is 3.17. The second kappa shape index (κ2) is 8.14. The number of thioether (sulfide) groups is 1. The molecule has 2 heterocycles. The lowest BCUT2D eigenvalue weighted by atomic mass is 10.2. The average Bonchev–Trinajstić information content (AvgIpc) is 3.02. The molecule has 26 heavy (non-hydrogen) atoms. The zero-order valence-electron chi connectivity index (χ0n) is 15.9. The zero-order valence-corrected chi connectivity index (χ0v) is 16.7. The van der Waals surface area contributed by atoms with Gasteiger partial charge in [0.15, 0.2) is 0 Å². The van der Waals surface area contributed by atoms with Gasteiger partial charge in [-0.2, -0.15) is 0 Å². The minimum absolute atomic E-state index is 0.0817. The van der Waals surface area contributed by atoms with Gasteiger partial charge in [-0.25, -0.2) is 9.78 Å². The maximum atomic E-state index is 12.0. The lowest BCUT2D eigenvalue weighted by molar-refractivity contribution is 0.119. The second-order valence-corrected chi connectivity index (χ2v) is 7.57. The first kappa shape index (κ1) is 18.8. The number of piperazine rings is 1. The first-order chi connectivity index (χ1) is 12.5. The number of benzene rings is 1. The number of rotatable bonds is 4. The lowest BCUT2D eigenvalue weighted by Crippen LogP contribution is -2.51. The monoisotopic (exact) mass is 374 g/mol. The van der Waals surface area contributed by atoms with Crippen molar-refractivity contribution in [3.8, 4) is 11.5 Å². The zero-order chi connectivity index (χ0) is 18.7. The summed E-state index contributed by atoms with van der Waals surface area (Å²) in [6.07, 6.45) is 2.06. The number of hydrogen-bond acceptors (Lipinski definition) is 5. The van der Waals surface area contributed by atoms with Crippen LogP contribution in [0.2, 0.25) is 0 Å². The van der Waals surface area contributed by atoms with Crippen LogP contribution in [0.5, 0.6) is 0 Å². The number of nitrogens with zero attached hydrogens (tertiary/aromatic N) is 4. The van der Waals surface area contributed by atoms with Gasteiger partial charge in [0.2, 0.25) is 5.89 Å². The number of oxazole rings is 1. The number of urea groups is 1. The van der Waals surface area contributed by atoms with Gasteiger partial charge in [-0.05, 0) is 37.4 Å². The summed E-state index contributed by atoms with van der Waals surface area (Å²) in [5.74, 6) is 1.53. The molecule has 1 aromatic carbocycles. The second-order valence-electron chi connectivity index (χ2n) is 6.69. The quantitative estimate of drug-likeness (QED) is 0.770. The fraction of sp³-hybridized carbons (Fsp3) is 0.474. The summed E-state index contributed by atoms with van der Waals surface area (Å²) in [5.41, 5.74) is 1.97. The Morgan fingerprint density at radius 3 is 2.42 bits per heavy atom. The third kappa shape index (κ3) is 4.22. The van der Waals surface area contributed by atoms with Gasteiger partial charge in [0.1, 0.15) is 5.76 Å². The van der Waals surface area contributed by atoms with Crippen LogP contribution in [0.15, 0.2) is 33.6 Å². The highest BCUT2D eigenvalue weighted by molar-refractivity contribution is 7.98. The SMILES string of the molecule is CSc1ccc(-c2nc(CN3CCN(C(=O)N(C)C)CC3)c(C)o2)cc1. The van der Waals surface area contributed by atoms with E-state index in [0.717, 1.165) is 49.7 Å². The standard InChI is InChI=1S/C19H26N4O2S/c1-14-17(13-22-9-11-23(12-10-22)19(24)21(2)3)20-18(25-14)15-5-7-16(26-4)8-6-15/h5-8H,9-13H2,1-4H3. The van der Waals surface area contributed by atoms with E-state index in [9.17, 15) is 4.79 Å². The Labute approximate surface area is 159 Å². The van der Waals surface area contributed by atoms with Crippen molar-refractivity contribution < 1.29 is 9.21 Å². The van der Waals surface area contributed by atoms with Crippen LogP contribution in [0.25, 0.3) is 11.5 Å². The minimum atomic E-state index is 0.0817. The average molecular weight is 375 g/mol. The molecular weight excluding hydrogens is 348 g/mol. The van der Waals surface area contributed by atoms with E-state index < -0.39 is 0 Å². The first-order valence-electron chi connectivity index (χ1n) is 8.77. The van der Waals surface area contributed by atoms with Crippen molar-refractivity contribution in [3.63, 3.8) is 0 Å². The van der Waals surface area contributed by atoms with Crippen LogP contribution >= 0.6 is 11.8 Å². The van der Waals surface area contributed by atoms with E-state index in [1.54, 1.807) is 30.8 Å². The molecule has 3 rings (SSSR count). The van der Waals surface area contributed by atoms with Crippen molar-refractivity contribution in [2.45, 2.75) is 18.4 Å². The number of amides is 2. The van der Waals surface area contributed by atoms with Crippen molar-refractivity contribution in [1.82, 2.24) is 19.7 Å². The van der Waals surface area contributed by atoms with Gasteiger partial charge in [-0.1, -0.05) is 0 Å². The van der Waals surface area contributed by atoms with Crippen molar-refractivity contribution in [2.24, 2.45) is 0 Å². The van der Waals surface area contributed by atoms with Gasteiger partial charge < -0.3 is 14.2 Å². The molecule has 0 bridgehead atoms.